The highest BCUT2D eigenvalue weighted by Crippen LogP contribution is 2.12. The zero-order chi connectivity index (χ0) is 34.6. The molecular formula is C32H48N6O8. The predicted octanol–water partition coefficient (Wildman–Crippen LogP) is 2.13. The van der Waals surface area contributed by atoms with E-state index in [2.05, 4.69) is 21.3 Å². The van der Waals surface area contributed by atoms with Crippen molar-refractivity contribution in [1.82, 2.24) is 20.9 Å². The average molecular weight is 645 g/mol. The van der Waals surface area contributed by atoms with Crippen molar-refractivity contribution in [3.8, 4) is 0 Å². The molecular weight excluding hydrogens is 596 g/mol. The molecule has 1 aromatic carbocycles. The zero-order valence-corrected chi connectivity index (χ0v) is 27.4. The first kappa shape index (κ1) is 39.3. The van der Waals surface area contributed by atoms with Gasteiger partial charge in [-0.1, -0.05) is 53.2 Å². The van der Waals surface area contributed by atoms with E-state index < -0.39 is 23.9 Å². The van der Waals surface area contributed by atoms with Crippen LogP contribution in [0.3, 0.4) is 0 Å². The molecule has 2 rings (SSSR count). The number of hydrogen-bond acceptors (Lipinski definition) is 8. The van der Waals surface area contributed by atoms with Crippen LogP contribution in [0.4, 0.5) is 10.5 Å². The summed E-state index contributed by atoms with van der Waals surface area (Å²) in [7, 11) is 0. The van der Waals surface area contributed by atoms with Gasteiger partial charge in [0.2, 0.25) is 17.7 Å². The van der Waals surface area contributed by atoms with Crippen LogP contribution in [0.2, 0.25) is 0 Å². The van der Waals surface area contributed by atoms with E-state index in [1.54, 1.807) is 52.0 Å². The van der Waals surface area contributed by atoms with Crippen LogP contribution in [0.5, 0.6) is 0 Å². The van der Waals surface area contributed by atoms with Gasteiger partial charge in [0.15, 0.2) is 0 Å². The number of nitrogens with zero attached hydrogens (tertiary/aromatic N) is 1. The van der Waals surface area contributed by atoms with Crippen molar-refractivity contribution in [1.29, 1.82) is 0 Å². The molecule has 0 saturated heterocycles. The van der Waals surface area contributed by atoms with E-state index in [0.717, 1.165) is 16.9 Å². The van der Waals surface area contributed by atoms with Crippen molar-refractivity contribution in [2.75, 3.05) is 25.0 Å². The van der Waals surface area contributed by atoms with Crippen molar-refractivity contribution in [3.05, 3.63) is 42.0 Å². The summed E-state index contributed by atoms with van der Waals surface area (Å²) in [6, 6.07) is 5.56. The zero-order valence-electron chi connectivity index (χ0n) is 27.4. The Morgan fingerprint density at radius 2 is 1.50 bits per heavy atom. The number of primary amides is 1. The highest BCUT2D eigenvalue weighted by atomic mass is 16.5. The summed E-state index contributed by atoms with van der Waals surface area (Å²) in [5.41, 5.74) is 6.03. The summed E-state index contributed by atoms with van der Waals surface area (Å²) in [4.78, 5) is 83.0. The second kappa shape index (κ2) is 21.1. The fraction of sp³-hybridized carbons (Fsp3) is 0.531. The van der Waals surface area contributed by atoms with Gasteiger partial charge in [-0.05, 0) is 42.9 Å². The highest BCUT2D eigenvalue weighted by molar-refractivity contribution is 6.12. The Hall–Kier alpha value is -4.75. The lowest BCUT2D eigenvalue weighted by Gasteiger charge is -2.21. The van der Waals surface area contributed by atoms with Gasteiger partial charge in [-0.25, -0.2) is 4.79 Å². The fourth-order valence-electron chi connectivity index (χ4n) is 3.90. The first-order chi connectivity index (χ1) is 21.7. The number of amides is 7. The van der Waals surface area contributed by atoms with Crippen LogP contribution >= 0.6 is 0 Å². The van der Waals surface area contributed by atoms with Crippen LogP contribution in [-0.4, -0.2) is 72.1 Å². The van der Waals surface area contributed by atoms with Gasteiger partial charge < -0.3 is 31.7 Å². The molecule has 14 heteroatoms. The smallest absolute Gasteiger partial charge is 0.312 e. The van der Waals surface area contributed by atoms with Crippen molar-refractivity contribution in [2.45, 2.75) is 79.4 Å². The molecule has 14 nitrogen and oxygen atoms in total. The summed E-state index contributed by atoms with van der Waals surface area (Å²) in [5.74, 6) is -2.53. The Balaban J connectivity index is 0.00000135. The first-order valence-electron chi connectivity index (χ1n) is 15.4. The molecule has 0 aliphatic carbocycles. The quantitative estimate of drug-likeness (QED) is 0.0962. The van der Waals surface area contributed by atoms with E-state index in [4.69, 9.17) is 10.5 Å². The van der Waals surface area contributed by atoms with Crippen LogP contribution < -0.4 is 27.0 Å². The van der Waals surface area contributed by atoms with E-state index in [1.807, 2.05) is 6.92 Å². The molecule has 0 saturated carbocycles. The van der Waals surface area contributed by atoms with Crippen LogP contribution in [-0.2, 0) is 40.1 Å². The van der Waals surface area contributed by atoms with Crippen LogP contribution in [0.1, 0.15) is 72.3 Å². The maximum absolute atomic E-state index is 12.7. The largest absolute Gasteiger partial charge is 0.461 e. The Morgan fingerprint density at radius 3 is 2.02 bits per heavy atom. The number of esters is 1. The SMILES string of the molecule is CC(C)C(=O)OCc1ccc(NC(=O)CNC(=O)C(NC(=O)CCCCCN2C(=O)C=CC2=O)C(C)C)cc1.CCCNC(N)=O. The Morgan fingerprint density at radius 1 is 0.870 bits per heavy atom. The number of anilines is 1. The molecule has 1 unspecified atom stereocenters. The van der Waals surface area contributed by atoms with Crippen molar-refractivity contribution >= 4 is 47.2 Å². The average Bonchev–Trinajstić information content (AvgIpc) is 3.33. The summed E-state index contributed by atoms with van der Waals surface area (Å²) < 4.78 is 5.17. The van der Waals surface area contributed by atoms with Crippen molar-refractivity contribution < 1.29 is 38.3 Å². The van der Waals surface area contributed by atoms with E-state index in [1.165, 1.54) is 12.2 Å². The monoisotopic (exact) mass is 644 g/mol. The molecule has 0 aromatic heterocycles. The third-order valence-corrected chi connectivity index (χ3v) is 6.51. The molecule has 1 heterocycles. The Bertz CT molecular complexity index is 1210. The molecule has 7 amide bonds. The van der Waals surface area contributed by atoms with Crippen LogP contribution in [0, 0.1) is 11.8 Å². The first-order valence-corrected chi connectivity index (χ1v) is 15.4. The van der Waals surface area contributed by atoms with Gasteiger partial charge in [0.05, 0.1) is 12.5 Å². The minimum absolute atomic E-state index is 0.141. The summed E-state index contributed by atoms with van der Waals surface area (Å²) in [6.07, 6.45) is 5.39. The lowest BCUT2D eigenvalue weighted by atomic mass is 10.0. The molecule has 0 fully saturated rings. The molecule has 0 radical (unpaired) electrons. The molecule has 1 aliphatic heterocycles. The number of hydrogen-bond donors (Lipinski definition) is 5. The Labute approximate surface area is 270 Å². The van der Waals surface area contributed by atoms with E-state index in [9.17, 15) is 33.6 Å². The lowest BCUT2D eigenvalue weighted by Crippen LogP contribution is -2.51. The number of rotatable bonds is 17. The summed E-state index contributed by atoms with van der Waals surface area (Å²) >= 11 is 0. The third-order valence-electron chi connectivity index (χ3n) is 6.51. The van der Waals surface area contributed by atoms with Crippen molar-refractivity contribution in [2.24, 2.45) is 17.6 Å². The number of imide groups is 1. The molecule has 0 spiro atoms. The number of carbonyl (C=O) groups is 7. The number of nitrogens with one attached hydrogen (secondary N) is 4. The second-order valence-electron chi connectivity index (χ2n) is 11.3. The number of urea groups is 1. The minimum atomic E-state index is -0.802. The molecule has 1 atom stereocenters. The highest BCUT2D eigenvalue weighted by Gasteiger charge is 2.25. The number of nitrogens with two attached hydrogens (primary N) is 1. The van der Waals surface area contributed by atoms with Gasteiger partial charge >= 0.3 is 12.0 Å². The number of ether oxygens (including phenoxy) is 1. The topological polar surface area (TPSA) is 206 Å². The van der Waals surface area contributed by atoms with Crippen molar-refractivity contribution in [3.63, 3.8) is 0 Å². The van der Waals surface area contributed by atoms with E-state index in [-0.39, 0.29) is 55.1 Å². The van der Waals surface area contributed by atoms with Gasteiger partial charge in [-0.2, -0.15) is 0 Å². The molecule has 6 N–H and O–H groups in total. The normalized spacial score (nSPS) is 12.7. The number of unbranched alkanes of at least 4 members (excludes halogenated alkanes) is 2. The van der Waals surface area contributed by atoms with Gasteiger partial charge in [-0.3, -0.25) is 33.7 Å². The molecule has 1 aromatic rings. The summed E-state index contributed by atoms with van der Waals surface area (Å²) in [6.45, 7) is 9.92. The van der Waals surface area contributed by atoms with Gasteiger partial charge in [0, 0.05) is 37.3 Å². The molecule has 0 bridgehead atoms. The summed E-state index contributed by atoms with van der Waals surface area (Å²) in [5, 5.41) is 10.4. The maximum atomic E-state index is 12.7. The minimum Gasteiger partial charge on any atom is -0.461 e. The van der Waals surface area contributed by atoms with Gasteiger partial charge in [0.25, 0.3) is 11.8 Å². The lowest BCUT2D eigenvalue weighted by molar-refractivity contribution is -0.148. The maximum Gasteiger partial charge on any atom is 0.312 e. The Kier molecular flexibility index (Phi) is 18.0. The molecule has 1 aliphatic rings. The third kappa shape index (κ3) is 15.8. The van der Waals surface area contributed by atoms with Gasteiger partial charge in [-0.15, -0.1) is 0 Å². The second-order valence-corrected chi connectivity index (χ2v) is 11.3. The van der Waals surface area contributed by atoms with E-state index in [0.29, 0.717) is 38.0 Å². The van der Waals surface area contributed by atoms with Gasteiger partial charge in [0.1, 0.15) is 12.6 Å². The number of carbonyl (C=O) groups excluding carboxylic acids is 7. The van der Waals surface area contributed by atoms with Crippen LogP contribution in [0.25, 0.3) is 0 Å². The predicted molar refractivity (Wildman–Crippen MR) is 172 cm³/mol. The fourth-order valence-corrected chi connectivity index (χ4v) is 3.90. The number of benzene rings is 1. The van der Waals surface area contributed by atoms with Crippen LogP contribution in [0.15, 0.2) is 36.4 Å². The molecule has 46 heavy (non-hydrogen) atoms. The van der Waals surface area contributed by atoms with E-state index >= 15 is 0 Å². The standard InChI is InChI=1S/C28H38N4O7.C4H10N2O/c1-18(2)26(31-22(33)8-6-5-7-15-32-24(35)13-14-25(32)36)27(37)29-16-23(34)30-21-11-9-20(10-12-21)17-39-28(38)19(3)4;1-2-3-6-4(5)7/h9-14,18-19,26H,5-8,15-17H2,1-4H3,(H,29,37)(H,30,34)(H,31,33);2-3H2,1H3,(H3,5,6,7). The molecule has 254 valence electrons.